The second-order valence-electron chi connectivity index (χ2n) is 4.96. The molecule has 2 heterocycles. The summed E-state index contributed by atoms with van der Waals surface area (Å²) in [6.07, 6.45) is 4.07. The number of hydrogen-bond acceptors (Lipinski definition) is 7. The molecule has 0 atom stereocenters. The van der Waals surface area contributed by atoms with E-state index in [4.69, 9.17) is 11.0 Å². The van der Waals surface area contributed by atoms with Crippen LogP contribution in [0.4, 0.5) is 16.2 Å². The lowest BCUT2D eigenvalue weighted by atomic mass is 10.1. The third-order valence-corrected chi connectivity index (χ3v) is 3.37. The molecule has 0 spiro atoms. The molecule has 1 aliphatic carbocycles. The third-order valence-electron chi connectivity index (χ3n) is 3.37. The Labute approximate surface area is 120 Å². The van der Waals surface area contributed by atoms with Crippen LogP contribution in [0.5, 0.6) is 0 Å². The summed E-state index contributed by atoms with van der Waals surface area (Å²) < 4.78 is 13.7. The van der Waals surface area contributed by atoms with E-state index < -0.39 is 5.82 Å². The molecule has 2 aromatic heterocycles. The molecule has 0 unspecified atom stereocenters. The average Bonchev–Trinajstić information content (AvgIpc) is 3.29. The Morgan fingerprint density at radius 3 is 2.90 bits per heavy atom. The summed E-state index contributed by atoms with van der Waals surface area (Å²) in [5.74, 6) is -0.122. The van der Waals surface area contributed by atoms with Gasteiger partial charge in [-0.1, -0.05) is 0 Å². The van der Waals surface area contributed by atoms with Crippen molar-refractivity contribution in [2.45, 2.75) is 12.8 Å². The van der Waals surface area contributed by atoms with Crippen LogP contribution in [0.25, 0.3) is 11.4 Å². The summed E-state index contributed by atoms with van der Waals surface area (Å²) >= 11 is 0. The van der Waals surface area contributed by atoms with E-state index in [0.29, 0.717) is 18.1 Å². The fourth-order valence-corrected chi connectivity index (χ4v) is 1.88. The van der Waals surface area contributed by atoms with Gasteiger partial charge in [0.1, 0.15) is 17.8 Å². The lowest BCUT2D eigenvalue weighted by molar-refractivity contribution is 0.618. The van der Waals surface area contributed by atoms with E-state index in [1.54, 1.807) is 6.07 Å². The molecule has 8 heteroatoms. The van der Waals surface area contributed by atoms with Gasteiger partial charge in [-0.25, -0.2) is 24.3 Å². The number of nitriles is 1. The van der Waals surface area contributed by atoms with Gasteiger partial charge >= 0.3 is 0 Å². The first kappa shape index (κ1) is 13.2. The second-order valence-corrected chi connectivity index (χ2v) is 4.96. The molecule has 1 fully saturated rings. The van der Waals surface area contributed by atoms with Crippen LogP contribution in [0.2, 0.25) is 0 Å². The first-order chi connectivity index (χ1) is 10.1. The zero-order valence-corrected chi connectivity index (χ0v) is 11.0. The smallest absolute Gasteiger partial charge is 0.220 e. The first-order valence-electron chi connectivity index (χ1n) is 6.37. The molecule has 1 aliphatic rings. The van der Waals surface area contributed by atoms with Crippen molar-refractivity contribution >= 4 is 11.8 Å². The van der Waals surface area contributed by atoms with Gasteiger partial charge in [0.25, 0.3) is 0 Å². The molecule has 0 radical (unpaired) electrons. The predicted molar refractivity (Wildman–Crippen MR) is 73.2 cm³/mol. The maximum atomic E-state index is 13.7. The molecular weight excluding hydrogens is 273 g/mol. The number of nitrogens with one attached hydrogen (secondary N) is 1. The molecule has 0 amide bonds. The van der Waals surface area contributed by atoms with Gasteiger partial charge in [0.05, 0.1) is 23.4 Å². The zero-order valence-electron chi connectivity index (χ0n) is 11.0. The van der Waals surface area contributed by atoms with Crippen LogP contribution < -0.4 is 11.1 Å². The molecule has 0 bridgehead atoms. The maximum absolute atomic E-state index is 13.7. The summed E-state index contributed by atoms with van der Waals surface area (Å²) in [4.78, 5) is 15.5. The molecule has 7 nitrogen and oxygen atoms in total. The van der Waals surface area contributed by atoms with Crippen molar-refractivity contribution in [3.8, 4) is 17.5 Å². The normalized spacial score (nSPS) is 15.2. The van der Waals surface area contributed by atoms with Gasteiger partial charge in [-0.15, -0.1) is 0 Å². The van der Waals surface area contributed by atoms with Crippen LogP contribution in [-0.4, -0.2) is 26.5 Å². The SMILES string of the molecule is N#CC1(CNc2cc(-c3nc(N)ncc3F)ncn2)CC1. The highest BCUT2D eigenvalue weighted by Gasteiger charge is 2.42. The topological polar surface area (TPSA) is 113 Å². The Kier molecular flexibility index (Phi) is 3.10. The molecule has 3 N–H and O–H groups in total. The van der Waals surface area contributed by atoms with Crippen LogP contribution in [-0.2, 0) is 0 Å². The first-order valence-corrected chi connectivity index (χ1v) is 6.37. The number of nitrogens with zero attached hydrogens (tertiary/aromatic N) is 5. The van der Waals surface area contributed by atoms with Gasteiger partial charge in [-0.2, -0.15) is 5.26 Å². The third kappa shape index (κ3) is 2.72. The summed E-state index contributed by atoms with van der Waals surface area (Å²) in [7, 11) is 0. The minimum Gasteiger partial charge on any atom is -0.368 e. The Morgan fingerprint density at radius 2 is 2.19 bits per heavy atom. The van der Waals surface area contributed by atoms with Crippen molar-refractivity contribution in [2.75, 3.05) is 17.6 Å². The summed E-state index contributed by atoms with van der Waals surface area (Å²) in [6, 6.07) is 3.85. The lowest BCUT2D eigenvalue weighted by Crippen LogP contribution is -2.14. The highest BCUT2D eigenvalue weighted by molar-refractivity contribution is 5.59. The minimum atomic E-state index is -0.607. The van der Waals surface area contributed by atoms with Gasteiger partial charge in [0.2, 0.25) is 5.95 Å². The molecule has 0 aliphatic heterocycles. The van der Waals surface area contributed by atoms with E-state index in [0.717, 1.165) is 19.0 Å². The molecule has 3 rings (SSSR count). The number of nitrogens with two attached hydrogens (primary N) is 1. The van der Waals surface area contributed by atoms with Crippen LogP contribution in [0.1, 0.15) is 12.8 Å². The van der Waals surface area contributed by atoms with Crippen LogP contribution in [0, 0.1) is 22.6 Å². The largest absolute Gasteiger partial charge is 0.368 e. The van der Waals surface area contributed by atoms with Gasteiger partial charge in [-0.3, -0.25) is 0 Å². The molecule has 21 heavy (non-hydrogen) atoms. The molecule has 2 aromatic rings. The molecule has 106 valence electrons. The summed E-state index contributed by atoms with van der Waals surface area (Å²) in [5, 5.41) is 12.1. The zero-order chi connectivity index (χ0) is 14.9. The second kappa shape index (κ2) is 4.94. The van der Waals surface area contributed by atoms with Crippen molar-refractivity contribution in [1.82, 2.24) is 19.9 Å². The Morgan fingerprint density at radius 1 is 1.38 bits per heavy atom. The standard InChI is InChI=1S/C13H12FN7/c14-8-4-17-12(16)21-11(8)9-3-10(20-7-19-9)18-6-13(5-15)1-2-13/h3-4,7H,1-2,6H2,(H2,16,17,21)(H,18,19,20). The molecule has 1 saturated carbocycles. The number of nitrogen functional groups attached to an aromatic ring is 1. The van der Waals surface area contributed by atoms with Crippen LogP contribution >= 0.6 is 0 Å². The Hall–Kier alpha value is -2.82. The quantitative estimate of drug-likeness (QED) is 0.872. The van der Waals surface area contributed by atoms with Gasteiger partial charge in [-0.05, 0) is 12.8 Å². The number of rotatable bonds is 4. The van der Waals surface area contributed by atoms with Crippen molar-refractivity contribution in [1.29, 1.82) is 5.26 Å². The Balaban J connectivity index is 1.83. The monoisotopic (exact) mass is 285 g/mol. The molecular formula is C13H12FN7. The minimum absolute atomic E-state index is 0.0226. The number of aromatic nitrogens is 4. The average molecular weight is 285 g/mol. The fourth-order valence-electron chi connectivity index (χ4n) is 1.88. The number of halogens is 1. The van der Waals surface area contributed by atoms with Crippen molar-refractivity contribution in [3.63, 3.8) is 0 Å². The van der Waals surface area contributed by atoms with Crippen molar-refractivity contribution in [2.24, 2.45) is 5.41 Å². The maximum Gasteiger partial charge on any atom is 0.220 e. The Bertz CT molecular complexity index is 721. The fraction of sp³-hybridized carbons (Fsp3) is 0.308. The molecule has 0 saturated heterocycles. The van der Waals surface area contributed by atoms with E-state index in [2.05, 4.69) is 31.3 Å². The van der Waals surface area contributed by atoms with Crippen molar-refractivity contribution in [3.05, 3.63) is 24.4 Å². The van der Waals surface area contributed by atoms with E-state index in [-0.39, 0.29) is 17.1 Å². The highest BCUT2D eigenvalue weighted by atomic mass is 19.1. The van der Waals surface area contributed by atoms with Crippen LogP contribution in [0.15, 0.2) is 18.6 Å². The van der Waals surface area contributed by atoms with E-state index >= 15 is 0 Å². The number of hydrogen-bond donors (Lipinski definition) is 2. The summed E-state index contributed by atoms with van der Waals surface area (Å²) in [5.41, 5.74) is 5.49. The van der Waals surface area contributed by atoms with Gasteiger partial charge in [0.15, 0.2) is 5.82 Å². The number of anilines is 2. The van der Waals surface area contributed by atoms with E-state index in [9.17, 15) is 4.39 Å². The lowest BCUT2D eigenvalue weighted by Gasteiger charge is -2.09. The molecule has 0 aromatic carbocycles. The van der Waals surface area contributed by atoms with Gasteiger partial charge < -0.3 is 11.1 Å². The van der Waals surface area contributed by atoms with Gasteiger partial charge in [0, 0.05) is 12.6 Å². The summed E-state index contributed by atoms with van der Waals surface area (Å²) in [6.45, 7) is 0.508. The van der Waals surface area contributed by atoms with E-state index in [1.807, 2.05) is 0 Å². The highest BCUT2D eigenvalue weighted by Crippen LogP contribution is 2.44. The van der Waals surface area contributed by atoms with Crippen LogP contribution in [0.3, 0.4) is 0 Å². The predicted octanol–water partition coefficient (Wildman–Crippen LogP) is 1.37. The van der Waals surface area contributed by atoms with Crippen molar-refractivity contribution < 1.29 is 4.39 Å². The van der Waals surface area contributed by atoms with E-state index in [1.165, 1.54) is 6.33 Å².